The fourth-order valence-electron chi connectivity index (χ4n) is 1.93. The van der Waals surface area contributed by atoms with Crippen LogP contribution in [0.5, 0.6) is 11.5 Å². The molecule has 0 aliphatic carbocycles. The smallest absolute Gasteiger partial charge is 0.193 e. The van der Waals surface area contributed by atoms with Crippen LogP contribution in [0.15, 0.2) is 57.7 Å². The number of hydrogen-bond acceptors (Lipinski definition) is 4. The predicted octanol–water partition coefficient (Wildman–Crippen LogP) is 2.87. The van der Waals surface area contributed by atoms with Gasteiger partial charge in [-0.3, -0.25) is 4.79 Å². The summed E-state index contributed by atoms with van der Waals surface area (Å²) in [6.07, 6.45) is 0. The second kappa shape index (κ2) is 4.17. The maximum absolute atomic E-state index is 12.0. The first kappa shape index (κ1) is 11.3. The zero-order valence-corrected chi connectivity index (χ0v) is 9.83. The van der Waals surface area contributed by atoms with Crippen molar-refractivity contribution in [3.05, 3.63) is 58.8 Å². The van der Waals surface area contributed by atoms with E-state index in [1.807, 2.05) is 0 Å². The summed E-state index contributed by atoms with van der Waals surface area (Å²) >= 11 is 0. The highest BCUT2D eigenvalue weighted by Crippen LogP contribution is 2.28. The number of aromatic hydroxyl groups is 2. The number of rotatable bonds is 1. The Morgan fingerprint density at radius 2 is 1.68 bits per heavy atom. The van der Waals surface area contributed by atoms with Crippen molar-refractivity contribution in [2.75, 3.05) is 0 Å². The van der Waals surface area contributed by atoms with Gasteiger partial charge in [-0.2, -0.15) is 0 Å². The molecule has 3 rings (SSSR count). The van der Waals surface area contributed by atoms with E-state index < -0.39 is 0 Å². The van der Waals surface area contributed by atoms with Crippen LogP contribution < -0.4 is 5.43 Å². The van der Waals surface area contributed by atoms with E-state index >= 15 is 0 Å². The molecule has 4 nitrogen and oxygen atoms in total. The standard InChI is InChI=1S/C15H10O4/c16-10-6-4-9(5-7-10)14-8-13(18)11-2-1-3-12(17)15(11)19-14/h1-8,16-17H. The first-order valence-corrected chi connectivity index (χ1v) is 5.70. The largest absolute Gasteiger partial charge is 0.508 e. The fourth-order valence-corrected chi connectivity index (χ4v) is 1.93. The third-order valence-electron chi connectivity index (χ3n) is 2.89. The van der Waals surface area contributed by atoms with Crippen LogP contribution in [0.1, 0.15) is 0 Å². The zero-order chi connectivity index (χ0) is 13.4. The predicted molar refractivity (Wildman–Crippen MR) is 71.2 cm³/mol. The van der Waals surface area contributed by atoms with Gasteiger partial charge in [0.2, 0.25) is 0 Å². The SMILES string of the molecule is O=c1cc(-c2ccc(O)cc2)oc2c(O)cccc12. The normalized spacial score (nSPS) is 10.7. The van der Waals surface area contributed by atoms with Gasteiger partial charge in [0, 0.05) is 11.6 Å². The Balaban J connectivity index is 2.29. The molecule has 0 aliphatic rings. The van der Waals surface area contributed by atoms with Crippen molar-refractivity contribution in [1.29, 1.82) is 0 Å². The van der Waals surface area contributed by atoms with Gasteiger partial charge in [-0.25, -0.2) is 0 Å². The molecule has 19 heavy (non-hydrogen) atoms. The van der Waals surface area contributed by atoms with Gasteiger partial charge in [0.15, 0.2) is 16.8 Å². The maximum Gasteiger partial charge on any atom is 0.193 e. The van der Waals surface area contributed by atoms with E-state index in [1.54, 1.807) is 24.3 Å². The van der Waals surface area contributed by atoms with Crippen LogP contribution in [0.2, 0.25) is 0 Å². The Morgan fingerprint density at radius 3 is 2.42 bits per heavy atom. The molecule has 0 spiro atoms. The Labute approximate surface area is 108 Å². The van der Waals surface area contributed by atoms with Crippen molar-refractivity contribution >= 4 is 11.0 Å². The minimum absolute atomic E-state index is 0.0739. The Morgan fingerprint density at radius 1 is 0.947 bits per heavy atom. The molecule has 0 atom stereocenters. The first-order valence-electron chi connectivity index (χ1n) is 5.70. The molecular weight excluding hydrogens is 244 g/mol. The van der Waals surface area contributed by atoms with Crippen LogP contribution in [0.4, 0.5) is 0 Å². The molecule has 1 aromatic heterocycles. The van der Waals surface area contributed by atoms with Gasteiger partial charge < -0.3 is 14.6 Å². The average Bonchev–Trinajstić information content (AvgIpc) is 2.41. The molecule has 3 aromatic rings. The lowest BCUT2D eigenvalue weighted by atomic mass is 10.1. The molecule has 0 bridgehead atoms. The molecule has 2 aromatic carbocycles. The van der Waals surface area contributed by atoms with Gasteiger partial charge in [-0.05, 0) is 36.4 Å². The molecular formula is C15H10O4. The molecule has 0 saturated carbocycles. The third kappa shape index (κ3) is 1.93. The molecule has 0 fully saturated rings. The molecule has 0 saturated heterocycles. The lowest BCUT2D eigenvalue weighted by molar-refractivity contribution is 0.464. The number of phenolic OH excluding ortho intramolecular Hbond substituents is 2. The number of fused-ring (bicyclic) bond motifs is 1. The summed E-state index contributed by atoms with van der Waals surface area (Å²) in [6, 6.07) is 12.3. The highest BCUT2D eigenvalue weighted by Gasteiger charge is 2.09. The van der Waals surface area contributed by atoms with Gasteiger partial charge in [-0.15, -0.1) is 0 Å². The minimum Gasteiger partial charge on any atom is -0.508 e. The van der Waals surface area contributed by atoms with Crippen LogP contribution in [0.3, 0.4) is 0 Å². The maximum atomic E-state index is 12.0. The summed E-state index contributed by atoms with van der Waals surface area (Å²) < 4.78 is 5.57. The summed E-state index contributed by atoms with van der Waals surface area (Å²) in [5, 5.41) is 19.3. The van der Waals surface area contributed by atoms with Crippen molar-refractivity contribution in [2.45, 2.75) is 0 Å². The number of para-hydroxylation sites is 1. The Bertz CT molecular complexity index is 800. The highest BCUT2D eigenvalue weighted by atomic mass is 16.4. The monoisotopic (exact) mass is 254 g/mol. The molecule has 2 N–H and O–H groups in total. The van der Waals surface area contributed by atoms with E-state index in [1.165, 1.54) is 24.3 Å². The molecule has 94 valence electrons. The van der Waals surface area contributed by atoms with Gasteiger partial charge >= 0.3 is 0 Å². The second-order valence-electron chi connectivity index (χ2n) is 4.18. The van der Waals surface area contributed by atoms with Gasteiger partial charge in [-0.1, -0.05) is 6.07 Å². The van der Waals surface area contributed by atoms with Crippen molar-refractivity contribution in [1.82, 2.24) is 0 Å². The van der Waals surface area contributed by atoms with Crippen LogP contribution in [0.25, 0.3) is 22.3 Å². The summed E-state index contributed by atoms with van der Waals surface area (Å²) in [4.78, 5) is 12.0. The Hall–Kier alpha value is -2.75. The third-order valence-corrected chi connectivity index (χ3v) is 2.89. The minimum atomic E-state index is -0.222. The number of benzene rings is 2. The fraction of sp³-hybridized carbons (Fsp3) is 0. The molecule has 0 amide bonds. The lowest BCUT2D eigenvalue weighted by Crippen LogP contribution is -2.00. The summed E-state index contributed by atoms with van der Waals surface area (Å²) in [7, 11) is 0. The summed E-state index contributed by atoms with van der Waals surface area (Å²) in [5.74, 6) is 0.406. The first-order chi connectivity index (χ1) is 9.15. The quantitative estimate of drug-likeness (QED) is 0.700. The van der Waals surface area contributed by atoms with Crippen molar-refractivity contribution < 1.29 is 14.6 Å². The topological polar surface area (TPSA) is 70.7 Å². The number of phenols is 2. The lowest BCUT2D eigenvalue weighted by Gasteiger charge is -2.04. The van der Waals surface area contributed by atoms with E-state index in [9.17, 15) is 15.0 Å². The van der Waals surface area contributed by atoms with E-state index in [4.69, 9.17) is 4.42 Å². The van der Waals surface area contributed by atoms with Gasteiger partial charge in [0.1, 0.15) is 11.5 Å². The number of hydrogen-bond donors (Lipinski definition) is 2. The van der Waals surface area contributed by atoms with E-state index in [-0.39, 0.29) is 22.5 Å². The van der Waals surface area contributed by atoms with E-state index in [0.717, 1.165) is 0 Å². The van der Waals surface area contributed by atoms with E-state index in [0.29, 0.717) is 16.7 Å². The van der Waals surface area contributed by atoms with Crippen molar-refractivity contribution in [2.24, 2.45) is 0 Å². The van der Waals surface area contributed by atoms with Crippen LogP contribution in [-0.4, -0.2) is 10.2 Å². The van der Waals surface area contributed by atoms with Crippen LogP contribution >= 0.6 is 0 Å². The van der Waals surface area contributed by atoms with Gasteiger partial charge in [0.05, 0.1) is 5.39 Å². The average molecular weight is 254 g/mol. The van der Waals surface area contributed by atoms with Crippen molar-refractivity contribution in [3.8, 4) is 22.8 Å². The molecule has 4 heteroatoms. The van der Waals surface area contributed by atoms with Gasteiger partial charge in [0.25, 0.3) is 0 Å². The molecule has 0 radical (unpaired) electrons. The summed E-state index contributed by atoms with van der Waals surface area (Å²) in [5.41, 5.74) is 0.596. The Kier molecular flexibility index (Phi) is 2.49. The van der Waals surface area contributed by atoms with Crippen molar-refractivity contribution in [3.63, 3.8) is 0 Å². The molecule has 0 aliphatic heterocycles. The second-order valence-corrected chi connectivity index (χ2v) is 4.18. The highest BCUT2D eigenvalue weighted by molar-refractivity contribution is 5.83. The summed E-state index contributed by atoms with van der Waals surface area (Å²) in [6.45, 7) is 0. The van der Waals surface area contributed by atoms with Crippen LogP contribution in [0, 0.1) is 0 Å². The molecule has 1 heterocycles. The molecule has 0 unspecified atom stereocenters. The van der Waals surface area contributed by atoms with Crippen LogP contribution in [-0.2, 0) is 0 Å². The van der Waals surface area contributed by atoms with E-state index in [2.05, 4.69) is 0 Å². The zero-order valence-electron chi connectivity index (χ0n) is 9.83.